The van der Waals surface area contributed by atoms with Crippen molar-refractivity contribution in [3.8, 4) is 0 Å². The minimum atomic E-state index is -5.16. The number of carbonyl (C=O) groups is 1. The molecule has 0 unspecified atom stereocenters. The molecule has 0 radical (unpaired) electrons. The molecule has 210 valence electrons. The van der Waals surface area contributed by atoms with Crippen LogP contribution in [0.1, 0.15) is 68.2 Å². The smallest absolute Gasteiger partial charge is 0.334 e. The highest BCUT2D eigenvalue weighted by molar-refractivity contribution is 6.27. The van der Waals surface area contributed by atoms with Gasteiger partial charge < -0.3 is 5.32 Å². The fourth-order valence-corrected chi connectivity index (χ4v) is 4.50. The number of aromatic amines is 1. The largest absolute Gasteiger partial charge is 0.416 e. The van der Waals surface area contributed by atoms with E-state index in [9.17, 15) is 31.1 Å². The van der Waals surface area contributed by atoms with E-state index in [1.54, 1.807) is 13.8 Å². The summed E-state index contributed by atoms with van der Waals surface area (Å²) < 4.78 is 98.4. The molecule has 2 aromatic heterocycles. The SMILES string of the molecule is CC(C)n1ccc(C2=C(c3nn[nH]n3)C(=O)N[C@@](c3ccc(CCCCC(F)(F)F)cc3F)(C(F)(F)F)C2)n1. The molecular weight excluding hydrogens is 535 g/mol. The number of rotatable bonds is 8. The maximum atomic E-state index is 15.3. The maximum absolute atomic E-state index is 15.3. The van der Waals surface area contributed by atoms with Crippen LogP contribution >= 0.6 is 0 Å². The Morgan fingerprint density at radius 2 is 1.85 bits per heavy atom. The lowest BCUT2D eigenvalue weighted by atomic mass is 9.77. The molecule has 0 spiro atoms. The lowest BCUT2D eigenvalue weighted by Crippen LogP contribution is -2.59. The highest BCUT2D eigenvalue weighted by Gasteiger charge is 2.61. The molecule has 0 saturated heterocycles. The molecule has 1 aliphatic heterocycles. The lowest BCUT2D eigenvalue weighted by Gasteiger charge is -2.41. The predicted octanol–water partition coefficient (Wildman–Crippen LogP) is 5.28. The number of H-pyrrole nitrogens is 1. The first-order valence-electron chi connectivity index (χ1n) is 12.0. The third-order valence-corrected chi connectivity index (χ3v) is 6.47. The van der Waals surface area contributed by atoms with E-state index in [-0.39, 0.29) is 53.5 Å². The number of nitrogens with zero attached hydrogens (tertiary/aromatic N) is 5. The normalized spacial score (nSPS) is 18.7. The van der Waals surface area contributed by atoms with Gasteiger partial charge in [0.15, 0.2) is 5.54 Å². The summed E-state index contributed by atoms with van der Waals surface area (Å²) in [5.41, 5.74) is -4.18. The van der Waals surface area contributed by atoms with Crippen LogP contribution in [-0.2, 0) is 16.8 Å². The van der Waals surface area contributed by atoms with Crippen molar-refractivity contribution in [2.75, 3.05) is 0 Å². The molecule has 4 rings (SSSR count). The van der Waals surface area contributed by atoms with Crippen molar-refractivity contribution in [3.63, 3.8) is 0 Å². The molecule has 3 aromatic rings. The van der Waals surface area contributed by atoms with Crippen LogP contribution in [0, 0.1) is 5.82 Å². The van der Waals surface area contributed by atoms with E-state index in [0.29, 0.717) is 0 Å². The molecule has 0 fully saturated rings. The van der Waals surface area contributed by atoms with Crippen molar-refractivity contribution in [1.82, 2.24) is 35.7 Å². The number of tetrazole rings is 1. The molecule has 8 nitrogen and oxygen atoms in total. The van der Waals surface area contributed by atoms with E-state index in [2.05, 4.69) is 25.7 Å². The number of nitrogens with one attached hydrogen (secondary N) is 2. The van der Waals surface area contributed by atoms with Gasteiger partial charge in [-0.1, -0.05) is 12.1 Å². The van der Waals surface area contributed by atoms with Crippen molar-refractivity contribution in [1.29, 1.82) is 0 Å². The zero-order valence-corrected chi connectivity index (χ0v) is 20.8. The number of halogens is 7. The van der Waals surface area contributed by atoms with Crippen LogP contribution in [0.4, 0.5) is 30.7 Å². The fraction of sp³-hybridized carbons (Fsp3) is 0.458. The van der Waals surface area contributed by atoms with Gasteiger partial charge in [0, 0.05) is 30.6 Å². The first-order chi connectivity index (χ1) is 18.2. The number of unbranched alkanes of at least 4 members (excludes halogenated alkanes) is 1. The highest BCUT2D eigenvalue weighted by atomic mass is 19.4. The van der Waals surface area contributed by atoms with Gasteiger partial charge >= 0.3 is 12.4 Å². The second-order valence-corrected chi connectivity index (χ2v) is 9.53. The molecule has 3 heterocycles. The fourth-order valence-electron chi connectivity index (χ4n) is 4.50. The van der Waals surface area contributed by atoms with Gasteiger partial charge in [-0.3, -0.25) is 9.48 Å². The Hall–Kier alpha value is -3.78. The average Bonchev–Trinajstić information content (AvgIpc) is 3.52. The van der Waals surface area contributed by atoms with Gasteiger partial charge in [-0.25, -0.2) is 4.39 Å². The zero-order chi connectivity index (χ0) is 28.6. The van der Waals surface area contributed by atoms with Crippen molar-refractivity contribution in [3.05, 3.63) is 58.9 Å². The summed E-state index contributed by atoms with van der Waals surface area (Å²) >= 11 is 0. The molecule has 1 amide bonds. The summed E-state index contributed by atoms with van der Waals surface area (Å²) in [5, 5.41) is 19.3. The summed E-state index contributed by atoms with van der Waals surface area (Å²) in [6, 6.07) is 4.28. The zero-order valence-electron chi connectivity index (χ0n) is 20.8. The van der Waals surface area contributed by atoms with Crippen LogP contribution in [0.2, 0.25) is 0 Å². The Morgan fingerprint density at radius 3 is 2.41 bits per heavy atom. The molecule has 0 bridgehead atoms. The van der Waals surface area contributed by atoms with Crippen LogP contribution in [0.5, 0.6) is 0 Å². The van der Waals surface area contributed by atoms with Gasteiger partial charge in [0.05, 0.1) is 11.3 Å². The van der Waals surface area contributed by atoms with Gasteiger partial charge in [-0.05, 0) is 61.6 Å². The average molecular weight is 559 g/mol. The number of hydrogen-bond donors (Lipinski definition) is 2. The first kappa shape index (κ1) is 28.2. The van der Waals surface area contributed by atoms with Gasteiger partial charge in [-0.15, -0.1) is 10.2 Å². The standard InChI is InChI=1S/C24H24F7N7O/c1-13(2)38-10-8-18(35-38)15-12-22(24(29,30)31,32-21(39)19(15)20-33-36-37-34-20)16-7-6-14(11-17(16)25)5-3-4-9-23(26,27)28/h6-8,10-11,13H,3-5,9,12H2,1-2H3,(H,32,39)(H,33,34,36,37)/t22-/m0/s1. The van der Waals surface area contributed by atoms with Gasteiger partial charge in [0.1, 0.15) is 5.82 Å². The van der Waals surface area contributed by atoms with E-state index in [0.717, 1.165) is 12.1 Å². The van der Waals surface area contributed by atoms with E-state index in [4.69, 9.17) is 0 Å². The summed E-state index contributed by atoms with van der Waals surface area (Å²) in [7, 11) is 0. The molecule has 0 aliphatic carbocycles. The molecule has 1 atom stereocenters. The molecule has 1 aromatic carbocycles. The molecule has 1 aliphatic rings. The summed E-state index contributed by atoms with van der Waals surface area (Å²) in [6.07, 6.45) is -9.99. The van der Waals surface area contributed by atoms with Crippen molar-refractivity contribution in [2.24, 2.45) is 0 Å². The van der Waals surface area contributed by atoms with Crippen LogP contribution in [0.25, 0.3) is 11.1 Å². The van der Waals surface area contributed by atoms with Crippen molar-refractivity contribution >= 4 is 17.1 Å². The maximum Gasteiger partial charge on any atom is 0.416 e. The quantitative estimate of drug-likeness (QED) is 0.289. The second-order valence-electron chi connectivity index (χ2n) is 9.53. The Bertz CT molecular complexity index is 1360. The van der Waals surface area contributed by atoms with Crippen LogP contribution in [-0.4, -0.2) is 48.7 Å². The lowest BCUT2D eigenvalue weighted by molar-refractivity contribution is -0.202. The molecule has 2 N–H and O–H groups in total. The van der Waals surface area contributed by atoms with Crippen LogP contribution in [0.15, 0.2) is 30.5 Å². The number of aromatic nitrogens is 6. The van der Waals surface area contributed by atoms with E-state index in [1.807, 2.05) is 5.32 Å². The van der Waals surface area contributed by atoms with Crippen LogP contribution < -0.4 is 5.32 Å². The number of hydrogen-bond acceptors (Lipinski definition) is 5. The van der Waals surface area contributed by atoms with Gasteiger partial charge in [0.25, 0.3) is 5.91 Å². The van der Waals surface area contributed by atoms with Crippen molar-refractivity contribution < 1.29 is 35.5 Å². The molecule has 15 heteroatoms. The van der Waals surface area contributed by atoms with E-state index in [1.165, 1.54) is 23.0 Å². The summed E-state index contributed by atoms with van der Waals surface area (Å²) in [4.78, 5) is 13.2. The molecule has 0 saturated carbocycles. The van der Waals surface area contributed by atoms with Crippen molar-refractivity contribution in [2.45, 2.75) is 69.9 Å². The number of amides is 1. The number of benzene rings is 1. The number of aryl methyl sites for hydroxylation is 1. The molecular formula is C24H24F7N7O. The Kier molecular flexibility index (Phi) is 7.54. The Labute approximate surface area is 217 Å². The first-order valence-corrected chi connectivity index (χ1v) is 12.0. The molecule has 39 heavy (non-hydrogen) atoms. The van der Waals surface area contributed by atoms with E-state index < -0.39 is 48.0 Å². The Morgan fingerprint density at radius 1 is 1.10 bits per heavy atom. The Balaban J connectivity index is 1.76. The summed E-state index contributed by atoms with van der Waals surface area (Å²) in [6.45, 7) is 3.61. The minimum Gasteiger partial charge on any atom is -0.334 e. The summed E-state index contributed by atoms with van der Waals surface area (Å²) in [5.74, 6) is -2.72. The second kappa shape index (κ2) is 10.4. The third-order valence-electron chi connectivity index (χ3n) is 6.47. The van der Waals surface area contributed by atoms with Gasteiger partial charge in [-0.2, -0.15) is 36.7 Å². The third kappa shape index (κ3) is 5.81. The topological polar surface area (TPSA) is 101 Å². The minimum absolute atomic E-state index is 0.0401. The van der Waals surface area contributed by atoms with E-state index >= 15 is 4.39 Å². The van der Waals surface area contributed by atoms with Gasteiger partial charge in [0.2, 0.25) is 5.82 Å². The highest BCUT2D eigenvalue weighted by Crippen LogP contribution is 2.50. The van der Waals surface area contributed by atoms with Crippen LogP contribution in [0.3, 0.4) is 0 Å². The predicted molar refractivity (Wildman–Crippen MR) is 124 cm³/mol. The number of alkyl halides is 6. The number of carbonyl (C=O) groups excluding carboxylic acids is 1. The monoisotopic (exact) mass is 559 g/mol.